The van der Waals surface area contributed by atoms with Crippen molar-refractivity contribution in [3.63, 3.8) is 0 Å². The van der Waals surface area contributed by atoms with Gasteiger partial charge in [-0.2, -0.15) is 0 Å². The van der Waals surface area contributed by atoms with E-state index in [2.05, 4.69) is 5.32 Å². The summed E-state index contributed by atoms with van der Waals surface area (Å²) in [6.07, 6.45) is 1.28. The molecule has 0 fully saturated rings. The lowest BCUT2D eigenvalue weighted by Gasteiger charge is -2.33. The van der Waals surface area contributed by atoms with E-state index in [1.54, 1.807) is 37.3 Å². The topological polar surface area (TPSA) is 86.8 Å². The normalized spacial score (nSPS) is 12.1. The molecule has 0 aliphatic rings. The number of rotatable bonds is 10. The van der Waals surface area contributed by atoms with E-state index >= 15 is 0 Å². The molecule has 3 aromatic carbocycles. The van der Waals surface area contributed by atoms with Crippen LogP contribution in [-0.2, 0) is 32.6 Å². The van der Waals surface area contributed by atoms with Crippen molar-refractivity contribution in [2.75, 3.05) is 24.2 Å². The van der Waals surface area contributed by atoms with Gasteiger partial charge < -0.3 is 10.2 Å². The summed E-state index contributed by atoms with van der Waals surface area (Å²) in [6.45, 7) is 3.18. The zero-order valence-electron chi connectivity index (χ0n) is 21.7. The molecule has 0 bridgehead atoms. The molecule has 202 valence electrons. The molecule has 0 spiro atoms. The summed E-state index contributed by atoms with van der Waals surface area (Å²) < 4.78 is 26.8. The third kappa shape index (κ3) is 7.49. The molecular weight excluding hydrogens is 545 g/mol. The first-order chi connectivity index (χ1) is 17.9. The Bertz CT molecular complexity index is 1410. The van der Waals surface area contributed by atoms with Crippen LogP contribution in [0.5, 0.6) is 0 Å². The molecule has 3 rings (SSSR count). The van der Waals surface area contributed by atoms with Crippen LogP contribution >= 0.6 is 23.2 Å². The summed E-state index contributed by atoms with van der Waals surface area (Å²) >= 11 is 12.5. The van der Waals surface area contributed by atoms with Crippen LogP contribution in [-0.4, -0.2) is 51.0 Å². The minimum atomic E-state index is -3.84. The Kier molecular flexibility index (Phi) is 9.82. The van der Waals surface area contributed by atoms with Crippen LogP contribution in [0.1, 0.15) is 22.3 Å². The van der Waals surface area contributed by atoms with Gasteiger partial charge >= 0.3 is 0 Å². The lowest BCUT2D eigenvalue weighted by atomic mass is 10.0. The molecule has 0 saturated heterocycles. The van der Waals surface area contributed by atoms with Gasteiger partial charge in [-0.1, -0.05) is 77.3 Å². The number of nitrogens with one attached hydrogen (secondary N) is 1. The van der Waals surface area contributed by atoms with Crippen molar-refractivity contribution < 1.29 is 18.0 Å². The van der Waals surface area contributed by atoms with Gasteiger partial charge in [-0.05, 0) is 48.7 Å². The van der Waals surface area contributed by atoms with E-state index in [9.17, 15) is 18.0 Å². The van der Waals surface area contributed by atoms with Crippen molar-refractivity contribution in [3.8, 4) is 0 Å². The molecule has 1 N–H and O–H groups in total. The van der Waals surface area contributed by atoms with Crippen LogP contribution in [0, 0.1) is 13.8 Å². The number of sulfonamides is 1. The van der Waals surface area contributed by atoms with Crippen molar-refractivity contribution in [2.45, 2.75) is 32.9 Å². The minimum absolute atomic E-state index is 0.0236. The SMILES string of the molecule is CNC(=O)[C@H](Cc1ccccc1)N(Cc1ccc(Cl)cc1Cl)C(=O)CN(c1ccc(C)cc1C)S(C)(=O)=O. The highest BCUT2D eigenvalue weighted by Crippen LogP contribution is 2.26. The molecule has 2 amide bonds. The Morgan fingerprint density at radius 2 is 1.66 bits per heavy atom. The van der Waals surface area contributed by atoms with E-state index in [0.29, 0.717) is 26.9 Å². The van der Waals surface area contributed by atoms with Gasteiger partial charge in [0.15, 0.2) is 0 Å². The first-order valence-electron chi connectivity index (χ1n) is 11.9. The highest BCUT2D eigenvalue weighted by Gasteiger charge is 2.33. The van der Waals surface area contributed by atoms with Crippen LogP contribution in [0.15, 0.2) is 66.7 Å². The average molecular weight is 577 g/mol. The second-order valence-corrected chi connectivity index (χ2v) is 11.9. The largest absolute Gasteiger partial charge is 0.357 e. The summed E-state index contributed by atoms with van der Waals surface area (Å²) in [6, 6.07) is 18.6. The third-order valence-corrected chi connectivity index (χ3v) is 7.89. The number of halogens is 2. The summed E-state index contributed by atoms with van der Waals surface area (Å²) in [5.41, 5.74) is 3.49. The minimum Gasteiger partial charge on any atom is -0.357 e. The highest BCUT2D eigenvalue weighted by molar-refractivity contribution is 7.92. The molecule has 0 aliphatic carbocycles. The smallest absolute Gasteiger partial charge is 0.244 e. The van der Waals surface area contributed by atoms with Crippen LogP contribution in [0.2, 0.25) is 10.0 Å². The number of amides is 2. The maximum atomic E-state index is 14.0. The molecule has 7 nitrogen and oxygen atoms in total. The van der Waals surface area contributed by atoms with Gasteiger partial charge in [-0.3, -0.25) is 13.9 Å². The molecule has 0 saturated carbocycles. The monoisotopic (exact) mass is 575 g/mol. The number of aryl methyl sites for hydroxylation is 2. The number of anilines is 1. The Balaban J connectivity index is 2.07. The number of carbonyl (C=O) groups excluding carboxylic acids is 2. The van der Waals surface area contributed by atoms with Crippen molar-refractivity contribution >= 4 is 50.7 Å². The molecular formula is C28H31Cl2N3O4S. The van der Waals surface area contributed by atoms with E-state index in [0.717, 1.165) is 21.7 Å². The Labute approximate surface area is 234 Å². The first kappa shape index (κ1) is 29.5. The molecule has 0 radical (unpaired) electrons. The van der Waals surface area contributed by atoms with Gasteiger partial charge in [0.1, 0.15) is 12.6 Å². The number of benzene rings is 3. The summed E-state index contributed by atoms with van der Waals surface area (Å²) in [5.74, 6) is -0.935. The summed E-state index contributed by atoms with van der Waals surface area (Å²) in [5, 5.41) is 3.41. The predicted octanol–water partition coefficient (Wildman–Crippen LogP) is 4.76. The van der Waals surface area contributed by atoms with Crippen LogP contribution < -0.4 is 9.62 Å². The lowest BCUT2D eigenvalue weighted by Crippen LogP contribution is -2.53. The fraction of sp³-hybridized carbons (Fsp3) is 0.286. The molecule has 0 heterocycles. The van der Waals surface area contributed by atoms with Gasteiger partial charge in [0.2, 0.25) is 21.8 Å². The third-order valence-electron chi connectivity index (χ3n) is 6.17. The molecule has 0 aromatic heterocycles. The second kappa shape index (κ2) is 12.7. The van der Waals surface area contributed by atoms with Gasteiger partial charge in [-0.15, -0.1) is 0 Å². The van der Waals surface area contributed by atoms with Crippen LogP contribution in [0.4, 0.5) is 5.69 Å². The molecule has 38 heavy (non-hydrogen) atoms. The summed E-state index contributed by atoms with van der Waals surface area (Å²) in [7, 11) is -2.34. The number of hydrogen-bond donors (Lipinski definition) is 1. The molecule has 0 aliphatic heterocycles. The Hall–Kier alpha value is -3.07. The van der Waals surface area contributed by atoms with Gasteiger partial charge in [0.05, 0.1) is 11.9 Å². The quantitative estimate of drug-likeness (QED) is 0.377. The Morgan fingerprint density at radius 1 is 0.974 bits per heavy atom. The lowest BCUT2D eigenvalue weighted by molar-refractivity contribution is -0.139. The van der Waals surface area contributed by atoms with Crippen LogP contribution in [0.25, 0.3) is 0 Å². The maximum Gasteiger partial charge on any atom is 0.244 e. The van der Waals surface area contributed by atoms with Crippen molar-refractivity contribution in [3.05, 3.63) is 99.0 Å². The molecule has 3 aromatic rings. The van der Waals surface area contributed by atoms with E-state index in [1.165, 1.54) is 11.9 Å². The van der Waals surface area contributed by atoms with Crippen molar-refractivity contribution in [1.82, 2.24) is 10.2 Å². The Morgan fingerprint density at radius 3 is 2.24 bits per heavy atom. The van der Waals surface area contributed by atoms with Gasteiger partial charge in [0.25, 0.3) is 0 Å². The fourth-order valence-electron chi connectivity index (χ4n) is 4.23. The molecule has 1 atom stereocenters. The van der Waals surface area contributed by atoms with E-state index < -0.39 is 28.5 Å². The number of hydrogen-bond acceptors (Lipinski definition) is 4. The van der Waals surface area contributed by atoms with E-state index in [-0.39, 0.29) is 18.9 Å². The van der Waals surface area contributed by atoms with Gasteiger partial charge in [0, 0.05) is 30.1 Å². The van der Waals surface area contributed by atoms with E-state index in [1.807, 2.05) is 43.3 Å². The summed E-state index contributed by atoms with van der Waals surface area (Å²) in [4.78, 5) is 28.5. The van der Waals surface area contributed by atoms with Crippen LogP contribution in [0.3, 0.4) is 0 Å². The maximum absolute atomic E-state index is 14.0. The van der Waals surface area contributed by atoms with Gasteiger partial charge in [-0.25, -0.2) is 8.42 Å². The zero-order chi connectivity index (χ0) is 28.0. The van der Waals surface area contributed by atoms with Crippen molar-refractivity contribution in [2.24, 2.45) is 0 Å². The second-order valence-electron chi connectivity index (χ2n) is 9.14. The highest BCUT2D eigenvalue weighted by atomic mass is 35.5. The number of nitrogens with zero attached hydrogens (tertiary/aromatic N) is 2. The number of carbonyl (C=O) groups is 2. The first-order valence-corrected chi connectivity index (χ1v) is 14.5. The van der Waals surface area contributed by atoms with E-state index in [4.69, 9.17) is 23.2 Å². The molecule has 10 heteroatoms. The fourth-order valence-corrected chi connectivity index (χ4v) is 5.61. The standard InChI is InChI=1S/C28H31Cl2N3O4S/c1-19-10-13-25(20(2)14-19)33(38(4,36)37)18-27(34)32(17-22-11-12-23(29)16-24(22)30)26(28(35)31-3)15-21-8-6-5-7-9-21/h5-14,16,26H,15,17-18H2,1-4H3,(H,31,35)/t26-/m0/s1. The van der Waals surface area contributed by atoms with Crippen molar-refractivity contribution in [1.29, 1.82) is 0 Å². The predicted molar refractivity (Wildman–Crippen MR) is 153 cm³/mol. The molecule has 0 unspecified atom stereocenters. The number of likely N-dealkylation sites (N-methyl/N-ethyl adjacent to an activating group) is 1. The zero-order valence-corrected chi connectivity index (χ0v) is 24.1. The average Bonchev–Trinajstić information content (AvgIpc) is 2.85.